The molecular formula is C17H27N3O2. The van der Waals surface area contributed by atoms with E-state index < -0.39 is 0 Å². The highest BCUT2D eigenvalue weighted by atomic mass is 16.3. The molecule has 0 aromatic carbocycles. The van der Waals surface area contributed by atoms with E-state index in [9.17, 15) is 9.90 Å². The van der Waals surface area contributed by atoms with Gasteiger partial charge in [-0.25, -0.2) is 4.98 Å². The minimum absolute atomic E-state index is 0.0653. The molecule has 2 fully saturated rings. The number of hydrogen-bond acceptors (Lipinski definition) is 4. The quantitative estimate of drug-likeness (QED) is 0.918. The van der Waals surface area contributed by atoms with Crippen molar-refractivity contribution in [3.05, 3.63) is 28.4 Å². The lowest BCUT2D eigenvalue weighted by Gasteiger charge is -2.44. The Morgan fingerprint density at radius 1 is 1.27 bits per heavy atom. The van der Waals surface area contributed by atoms with Crippen LogP contribution in [0.1, 0.15) is 51.1 Å². The van der Waals surface area contributed by atoms with Gasteiger partial charge in [0, 0.05) is 18.7 Å². The van der Waals surface area contributed by atoms with Crippen molar-refractivity contribution in [2.75, 3.05) is 13.1 Å². The van der Waals surface area contributed by atoms with Gasteiger partial charge in [0.1, 0.15) is 0 Å². The smallest absolute Gasteiger partial charge is 0.253 e. The number of nitrogens with zero attached hydrogens (tertiary/aromatic N) is 3. The van der Waals surface area contributed by atoms with E-state index in [1.807, 2.05) is 0 Å². The van der Waals surface area contributed by atoms with Gasteiger partial charge >= 0.3 is 0 Å². The van der Waals surface area contributed by atoms with Gasteiger partial charge in [-0.2, -0.15) is 0 Å². The highest BCUT2D eigenvalue weighted by Crippen LogP contribution is 2.29. The molecule has 5 heteroatoms. The molecule has 2 unspecified atom stereocenters. The summed E-state index contributed by atoms with van der Waals surface area (Å²) >= 11 is 0. The summed E-state index contributed by atoms with van der Waals surface area (Å²) in [6, 6.07) is 2.06. The third kappa shape index (κ3) is 3.25. The van der Waals surface area contributed by atoms with Crippen LogP contribution in [0.15, 0.2) is 17.2 Å². The topological polar surface area (TPSA) is 58.4 Å². The second kappa shape index (κ2) is 6.50. The first-order valence-electron chi connectivity index (χ1n) is 8.53. The number of likely N-dealkylation sites (tertiary alicyclic amines) is 1. The van der Waals surface area contributed by atoms with Crippen LogP contribution in [0.3, 0.4) is 0 Å². The molecule has 0 spiro atoms. The Morgan fingerprint density at radius 2 is 2.00 bits per heavy atom. The summed E-state index contributed by atoms with van der Waals surface area (Å²) in [6.45, 7) is 6.95. The highest BCUT2D eigenvalue weighted by molar-refractivity contribution is 5.04. The van der Waals surface area contributed by atoms with Crippen LogP contribution in [-0.4, -0.2) is 44.8 Å². The number of aliphatic hydroxyl groups excluding tert-OH is 1. The fourth-order valence-electron chi connectivity index (χ4n) is 3.53. The molecule has 1 aliphatic carbocycles. The number of hydrogen-bond donors (Lipinski definition) is 1. The molecule has 1 N–H and O–H groups in total. The first-order valence-corrected chi connectivity index (χ1v) is 8.53. The predicted octanol–water partition coefficient (Wildman–Crippen LogP) is 1.60. The molecule has 0 bridgehead atoms. The van der Waals surface area contributed by atoms with Crippen molar-refractivity contribution in [2.45, 2.75) is 64.1 Å². The maximum atomic E-state index is 12.2. The van der Waals surface area contributed by atoms with Gasteiger partial charge in [0.2, 0.25) is 0 Å². The number of aromatic nitrogens is 2. The van der Waals surface area contributed by atoms with E-state index in [0.29, 0.717) is 17.9 Å². The van der Waals surface area contributed by atoms with E-state index in [1.165, 1.54) is 0 Å². The van der Waals surface area contributed by atoms with Gasteiger partial charge in [-0.05, 0) is 50.6 Å². The summed E-state index contributed by atoms with van der Waals surface area (Å²) in [7, 11) is 0. The lowest BCUT2D eigenvalue weighted by molar-refractivity contribution is -0.0346. The summed E-state index contributed by atoms with van der Waals surface area (Å²) in [5.74, 6) is 0.831. The Balaban J connectivity index is 1.55. The van der Waals surface area contributed by atoms with E-state index >= 15 is 0 Å². The summed E-state index contributed by atoms with van der Waals surface area (Å²) < 4.78 is 1.75. The SMILES string of the molecule is CC(C)c1cc(=O)n(CC2CCN(C3CCC3O)CC2)cn1. The maximum Gasteiger partial charge on any atom is 0.253 e. The summed E-state index contributed by atoms with van der Waals surface area (Å²) in [5, 5.41) is 9.77. The van der Waals surface area contributed by atoms with Gasteiger partial charge in [0.25, 0.3) is 5.56 Å². The summed E-state index contributed by atoms with van der Waals surface area (Å²) in [6.07, 6.45) is 5.87. The van der Waals surface area contributed by atoms with Gasteiger partial charge in [-0.1, -0.05) is 13.8 Å². The predicted molar refractivity (Wildman–Crippen MR) is 85.9 cm³/mol. The molecule has 1 aliphatic heterocycles. The summed E-state index contributed by atoms with van der Waals surface area (Å²) in [4.78, 5) is 19.0. The molecular weight excluding hydrogens is 278 g/mol. The van der Waals surface area contributed by atoms with E-state index in [1.54, 1.807) is 17.0 Å². The molecule has 1 saturated carbocycles. The van der Waals surface area contributed by atoms with Crippen LogP contribution in [0.25, 0.3) is 0 Å². The third-order valence-corrected chi connectivity index (χ3v) is 5.27. The lowest BCUT2D eigenvalue weighted by Crippen LogP contribution is -2.53. The Hall–Kier alpha value is -1.20. The Kier molecular flexibility index (Phi) is 4.64. The van der Waals surface area contributed by atoms with Crippen LogP contribution in [-0.2, 0) is 6.54 Å². The number of piperidine rings is 1. The number of rotatable bonds is 4. The molecule has 3 rings (SSSR count). The Labute approximate surface area is 132 Å². The first-order chi connectivity index (χ1) is 10.5. The Morgan fingerprint density at radius 3 is 2.50 bits per heavy atom. The molecule has 2 heterocycles. The fourth-order valence-corrected chi connectivity index (χ4v) is 3.53. The van der Waals surface area contributed by atoms with Gasteiger partial charge in [0.15, 0.2) is 0 Å². The standard InChI is InChI=1S/C17H27N3O2/c1-12(2)14-9-17(22)20(11-18-14)10-13-5-7-19(8-6-13)15-3-4-16(15)21/h9,11-13,15-16,21H,3-8,10H2,1-2H3. The second-order valence-electron chi connectivity index (χ2n) is 7.15. The van der Waals surface area contributed by atoms with Crippen LogP contribution in [0.4, 0.5) is 0 Å². The van der Waals surface area contributed by atoms with Gasteiger partial charge in [0.05, 0.1) is 18.1 Å². The first kappa shape index (κ1) is 15.7. The van der Waals surface area contributed by atoms with Crippen molar-refractivity contribution in [3.8, 4) is 0 Å². The largest absolute Gasteiger partial charge is 0.391 e. The van der Waals surface area contributed by atoms with Crippen LogP contribution in [0.5, 0.6) is 0 Å². The van der Waals surface area contributed by atoms with Gasteiger partial charge in [-0.15, -0.1) is 0 Å². The molecule has 0 radical (unpaired) electrons. The monoisotopic (exact) mass is 305 g/mol. The van der Waals surface area contributed by atoms with Crippen molar-refractivity contribution in [2.24, 2.45) is 5.92 Å². The summed E-state index contributed by atoms with van der Waals surface area (Å²) in [5.41, 5.74) is 0.936. The minimum Gasteiger partial charge on any atom is -0.391 e. The molecule has 122 valence electrons. The molecule has 5 nitrogen and oxygen atoms in total. The lowest BCUT2D eigenvalue weighted by atomic mass is 9.85. The highest BCUT2D eigenvalue weighted by Gasteiger charge is 2.35. The van der Waals surface area contributed by atoms with Crippen molar-refractivity contribution >= 4 is 0 Å². The maximum absolute atomic E-state index is 12.2. The van der Waals surface area contributed by atoms with E-state index in [2.05, 4.69) is 23.7 Å². The normalized spacial score (nSPS) is 27.1. The van der Waals surface area contributed by atoms with Crippen LogP contribution < -0.4 is 5.56 Å². The number of aliphatic hydroxyl groups is 1. The zero-order valence-electron chi connectivity index (χ0n) is 13.6. The molecule has 22 heavy (non-hydrogen) atoms. The zero-order chi connectivity index (χ0) is 15.7. The van der Waals surface area contributed by atoms with Gasteiger partial charge in [-0.3, -0.25) is 14.3 Å². The van der Waals surface area contributed by atoms with Crippen molar-refractivity contribution in [1.29, 1.82) is 0 Å². The van der Waals surface area contributed by atoms with Crippen molar-refractivity contribution < 1.29 is 5.11 Å². The van der Waals surface area contributed by atoms with Gasteiger partial charge < -0.3 is 5.11 Å². The van der Waals surface area contributed by atoms with Crippen LogP contribution in [0.2, 0.25) is 0 Å². The second-order valence-corrected chi connectivity index (χ2v) is 7.15. The average Bonchev–Trinajstić information content (AvgIpc) is 2.49. The van der Waals surface area contributed by atoms with E-state index in [-0.39, 0.29) is 11.7 Å². The van der Waals surface area contributed by atoms with Crippen molar-refractivity contribution in [3.63, 3.8) is 0 Å². The molecule has 1 saturated heterocycles. The van der Waals surface area contributed by atoms with E-state index in [4.69, 9.17) is 0 Å². The molecule has 2 aliphatic rings. The fraction of sp³-hybridized carbons (Fsp3) is 0.765. The Bertz CT molecular complexity index is 561. The minimum atomic E-state index is -0.119. The average molecular weight is 305 g/mol. The third-order valence-electron chi connectivity index (χ3n) is 5.27. The molecule has 2 atom stereocenters. The van der Waals surface area contributed by atoms with Crippen molar-refractivity contribution in [1.82, 2.24) is 14.5 Å². The molecule has 1 aromatic heterocycles. The van der Waals surface area contributed by atoms with Crippen LogP contribution >= 0.6 is 0 Å². The molecule has 1 aromatic rings. The van der Waals surface area contributed by atoms with Crippen LogP contribution in [0, 0.1) is 5.92 Å². The van der Waals surface area contributed by atoms with E-state index in [0.717, 1.165) is 51.0 Å². The zero-order valence-corrected chi connectivity index (χ0v) is 13.6. The molecule has 0 amide bonds.